The third-order valence-corrected chi connectivity index (χ3v) is 7.37. The van der Waals surface area contributed by atoms with Gasteiger partial charge in [-0.3, -0.25) is 5.01 Å². The van der Waals surface area contributed by atoms with E-state index in [-0.39, 0.29) is 12.0 Å². The maximum Gasteiger partial charge on any atom is 0.157 e. The van der Waals surface area contributed by atoms with Gasteiger partial charge < -0.3 is 0 Å². The molecule has 4 rings (SSSR count). The van der Waals surface area contributed by atoms with E-state index in [1.165, 1.54) is 6.42 Å². The molecule has 1 saturated heterocycles. The number of hydrogen-bond acceptors (Lipinski definition) is 4. The van der Waals surface area contributed by atoms with Crippen LogP contribution in [0.15, 0.2) is 47.6 Å². The number of hydrazine groups is 1. The Kier molecular flexibility index (Phi) is 7.31. The third-order valence-electron chi connectivity index (χ3n) is 5.72. The molecule has 4 nitrogen and oxygen atoms in total. The van der Waals surface area contributed by atoms with Gasteiger partial charge in [0.2, 0.25) is 0 Å². The van der Waals surface area contributed by atoms with Gasteiger partial charge >= 0.3 is 0 Å². The molecular formula is C22H22Cl4N4S. The first kappa shape index (κ1) is 23.1. The van der Waals surface area contributed by atoms with Crippen LogP contribution in [0.2, 0.25) is 15.1 Å². The molecule has 0 radical (unpaired) electrons. The van der Waals surface area contributed by atoms with Crippen LogP contribution in [0.5, 0.6) is 0 Å². The number of thiocarbonyl (C=S) groups is 1. The van der Waals surface area contributed by atoms with Crippen molar-refractivity contribution in [1.82, 2.24) is 9.54 Å². The van der Waals surface area contributed by atoms with Gasteiger partial charge in [0.05, 0.1) is 16.8 Å². The summed E-state index contributed by atoms with van der Waals surface area (Å²) in [5.41, 5.74) is 2.57. The van der Waals surface area contributed by atoms with Crippen molar-refractivity contribution in [3.05, 3.63) is 63.1 Å². The van der Waals surface area contributed by atoms with E-state index in [4.69, 9.17) is 63.9 Å². The number of nitrogens with zero attached hydrogens (tertiary/aromatic N) is 4. The average molecular weight is 516 g/mol. The smallest absolute Gasteiger partial charge is 0.157 e. The molecule has 2 aliphatic heterocycles. The molecule has 0 amide bonds. The van der Waals surface area contributed by atoms with Crippen LogP contribution in [-0.4, -0.2) is 33.3 Å². The zero-order valence-electron chi connectivity index (χ0n) is 16.9. The highest BCUT2D eigenvalue weighted by atomic mass is 35.5. The fourth-order valence-corrected chi connectivity index (χ4v) is 5.31. The molecule has 31 heavy (non-hydrogen) atoms. The van der Waals surface area contributed by atoms with Gasteiger partial charge in [0.15, 0.2) is 4.99 Å². The molecule has 2 aromatic rings. The molecule has 0 spiro atoms. The van der Waals surface area contributed by atoms with Crippen molar-refractivity contribution in [3.63, 3.8) is 0 Å². The van der Waals surface area contributed by atoms with Gasteiger partial charge in [-0.15, -0.1) is 0 Å². The Morgan fingerprint density at radius 2 is 1.65 bits per heavy atom. The maximum atomic E-state index is 6.67. The zero-order valence-corrected chi connectivity index (χ0v) is 20.8. The van der Waals surface area contributed by atoms with E-state index in [0.717, 1.165) is 42.9 Å². The van der Waals surface area contributed by atoms with E-state index in [0.29, 0.717) is 20.1 Å². The second kappa shape index (κ2) is 9.82. The number of halogens is 4. The molecule has 0 aliphatic carbocycles. The van der Waals surface area contributed by atoms with Gasteiger partial charge in [-0.05, 0) is 48.7 Å². The monoisotopic (exact) mass is 514 g/mol. The lowest BCUT2D eigenvalue weighted by Crippen LogP contribution is -2.45. The maximum absolute atomic E-state index is 6.67. The lowest BCUT2D eigenvalue weighted by atomic mass is 9.91. The molecule has 2 aromatic carbocycles. The first-order valence-corrected chi connectivity index (χ1v) is 12.1. The van der Waals surface area contributed by atoms with Gasteiger partial charge in [-0.25, -0.2) is 9.54 Å². The van der Waals surface area contributed by atoms with Crippen LogP contribution in [0.25, 0.3) is 0 Å². The lowest BCUT2D eigenvalue weighted by molar-refractivity contribution is 0.103. The molecule has 0 aromatic heterocycles. The summed E-state index contributed by atoms with van der Waals surface area (Å²) in [5.74, 6) is -0.0218. The second-order valence-corrected chi connectivity index (χ2v) is 9.78. The van der Waals surface area contributed by atoms with Gasteiger partial charge in [0.25, 0.3) is 0 Å². The molecule has 2 atom stereocenters. The van der Waals surface area contributed by atoms with E-state index in [2.05, 4.69) is 11.9 Å². The Labute approximate surface area is 208 Å². The van der Waals surface area contributed by atoms with Crippen molar-refractivity contribution in [1.29, 1.82) is 0 Å². The average Bonchev–Trinajstić information content (AvgIpc) is 3.10. The molecule has 2 aliphatic rings. The molecule has 0 saturated carbocycles. The summed E-state index contributed by atoms with van der Waals surface area (Å²) in [6.07, 6.45) is 3.42. The minimum Gasteiger partial charge on any atom is -0.255 e. The van der Waals surface area contributed by atoms with Gasteiger partial charge in [-0.2, -0.15) is 5.10 Å². The fourth-order valence-electron chi connectivity index (χ4n) is 4.10. The molecule has 9 heteroatoms. The molecule has 0 unspecified atom stereocenters. The van der Waals surface area contributed by atoms with Crippen molar-refractivity contribution in [2.45, 2.75) is 32.2 Å². The van der Waals surface area contributed by atoms with Crippen LogP contribution in [0.3, 0.4) is 0 Å². The Morgan fingerprint density at radius 3 is 2.29 bits per heavy atom. The quantitative estimate of drug-likeness (QED) is 0.312. The highest BCUT2D eigenvalue weighted by Crippen LogP contribution is 2.43. The highest BCUT2D eigenvalue weighted by Gasteiger charge is 2.40. The van der Waals surface area contributed by atoms with Crippen LogP contribution < -0.4 is 5.01 Å². The summed E-state index contributed by atoms with van der Waals surface area (Å²) < 4.78 is 1.57. The normalized spacial score (nSPS) is 21.8. The van der Waals surface area contributed by atoms with Gasteiger partial charge in [0, 0.05) is 40.8 Å². The standard InChI is InChI=1S/C22H22Cl4N4S/c1-14-20(22(31)30(26)28-11-3-2-4-12-28)27-29(19-10-9-17(24)13-18(19)25)21(14)15-5-7-16(23)8-6-15/h5-10,13-14,21H,2-4,11-12H2,1H3/t14-,21+/m1/s1. The second-order valence-electron chi connectivity index (χ2n) is 7.79. The summed E-state index contributed by atoms with van der Waals surface area (Å²) in [4.78, 5) is 0.516. The zero-order chi connectivity index (χ0) is 22.1. The number of hydrogen-bond donors (Lipinski definition) is 0. The topological polar surface area (TPSA) is 22.1 Å². The first-order chi connectivity index (χ1) is 14.9. The lowest BCUT2D eigenvalue weighted by Gasteiger charge is -2.34. The molecule has 1 fully saturated rings. The summed E-state index contributed by atoms with van der Waals surface area (Å²) in [6, 6.07) is 13.0. The van der Waals surface area contributed by atoms with Crippen LogP contribution in [0.1, 0.15) is 37.8 Å². The number of hydrazone groups is 1. The number of benzene rings is 2. The number of anilines is 1. The van der Waals surface area contributed by atoms with Gasteiger partial charge in [-0.1, -0.05) is 72.5 Å². The van der Waals surface area contributed by atoms with Crippen molar-refractivity contribution in [2.24, 2.45) is 11.0 Å². The molecular weight excluding hydrogens is 494 g/mol. The number of piperidine rings is 1. The fraction of sp³-hybridized carbons (Fsp3) is 0.364. The van der Waals surface area contributed by atoms with Crippen molar-refractivity contribution in [2.75, 3.05) is 18.1 Å². The molecule has 164 valence electrons. The van der Waals surface area contributed by atoms with Crippen molar-refractivity contribution in [3.8, 4) is 0 Å². The van der Waals surface area contributed by atoms with E-state index in [1.54, 1.807) is 16.7 Å². The predicted octanol–water partition coefficient (Wildman–Crippen LogP) is 7.38. The minimum absolute atomic E-state index is 0.0218. The Bertz CT molecular complexity index is 992. The van der Waals surface area contributed by atoms with E-state index in [9.17, 15) is 0 Å². The Hall–Kier alpha value is -1.08. The van der Waals surface area contributed by atoms with E-state index < -0.39 is 0 Å². The van der Waals surface area contributed by atoms with Gasteiger partial charge in [0.1, 0.15) is 5.71 Å². The van der Waals surface area contributed by atoms with E-state index in [1.807, 2.05) is 35.3 Å². The van der Waals surface area contributed by atoms with Crippen molar-refractivity contribution >= 4 is 75.2 Å². The largest absolute Gasteiger partial charge is 0.255 e. The van der Waals surface area contributed by atoms with Crippen LogP contribution >= 0.6 is 58.8 Å². The van der Waals surface area contributed by atoms with Crippen LogP contribution in [0.4, 0.5) is 5.69 Å². The summed E-state index contributed by atoms with van der Waals surface area (Å²) in [5, 5.41) is 10.7. The first-order valence-electron chi connectivity index (χ1n) is 10.2. The Balaban J connectivity index is 1.71. The molecule has 0 bridgehead atoms. The van der Waals surface area contributed by atoms with Crippen LogP contribution in [0, 0.1) is 5.92 Å². The van der Waals surface area contributed by atoms with E-state index >= 15 is 0 Å². The summed E-state index contributed by atoms with van der Waals surface area (Å²) >= 11 is 31.3. The van der Waals surface area contributed by atoms with Crippen molar-refractivity contribution < 1.29 is 0 Å². The van der Waals surface area contributed by atoms with Crippen LogP contribution in [-0.2, 0) is 0 Å². The Morgan fingerprint density at radius 1 is 1.00 bits per heavy atom. The molecule has 2 heterocycles. The third kappa shape index (κ3) is 4.82. The summed E-state index contributed by atoms with van der Waals surface area (Å²) in [6.45, 7) is 3.88. The highest BCUT2D eigenvalue weighted by molar-refractivity contribution is 7.82. The predicted molar refractivity (Wildman–Crippen MR) is 135 cm³/mol. The number of rotatable bonds is 4. The molecule has 0 N–H and O–H groups in total. The SMILES string of the molecule is C[C@@H]1C(C(=S)N(Cl)N2CCCCC2)=NN(c2ccc(Cl)cc2Cl)[C@@H]1c1ccc(Cl)cc1. The minimum atomic E-state index is -0.115. The summed E-state index contributed by atoms with van der Waals surface area (Å²) in [7, 11) is 0.